The summed E-state index contributed by atoms with van der Waals surface area (Å²) >= 11 is 0. The van der Waals surface area contributed by atoms with Crippen molar-refractivity contribution < 1.29 is 13.2 Å². The highest BCUT2D eigenvalue weighted by Gasteiger charge is 2.36. The summed E-state index contributed by atoms with van der Waals surface area (Å²) in [6.07, 6.45) is -3.15. The first-order valence-corrected chi connectivity index (χ1v) is 11.6. The smallest absolute Gasteiger partial charge is 0.305 e. The van der Waals surface area contributed by atoms with Crippen molar-refractivity contribution in [3.8, 4) is 16.9 Å². The van der Waals surface area contributed by atoms with Crippen molar-refractivity contribution in [2.45, 2.75) is 40.0 Å². The minimum Gasteiger partial charge on any atom is -0.305 e. The predicted octanol–water partition coefficient (Wildman–Crippen LogP) is 5.75. The van der Waals surface area contributed by atoms with Crippen LogP contribution >= 0.6 is 0 Å². The Morgan fingerprint density at radius 3 is 2.28 bits per heavy atom. The van der Waals surface area contributed by atoms with Gasteiger partial charge in [0.15, 0.2) is 0 Å². The molecular formula is C28H29F3N4O. The first kappa shape index (κ1) is 25.4. The van der Waals surface area contributed by atoms with Crippen molar-refractivity contribution in [2.75, 3.05) is 14.1 Å². The predicted molar refractivity (Wildman–Crippen MR) is 135 cm³/mol. The van der Waals surface area contributed by atoms with Crippen LogP contribution in [0.4, 0.5) is 13.2 Å². The second kappa shape index (κ2) is 9.78. The van der Waals surface area contributed by atoms with E-state index in [0.717, 1.165) is 28.4 Å². The van der Waals surface area contributed by atoms with Crippen LogP contribution in [-0.2, 0) is 19.3 Å². The molecule has 2 aromatic carbocycles. The zero-order chi connectivity index (χ0) is 26.2. The van der Waals surface area contributed by atoms with Crippen molar-refractivity contribution in [3.05, 3.63) is 105 Å². The number of rotatable bonds is 6. The number of aryl methyl sites for hydroxylation is 2. The maximum Gasteiger partial charge on any atom is 0.416 e. The molecule has 188 valence electrons. The van der Waals surface area contributed by atoms with Crippen LogP contribution in [0, 0.1) is 20.8 Å². The van der Waals surface area contributed by atoms with E-state index in [1.54, 1.807) is 30.6 Å². The molecule has 0 unspecified atom stereocenters. The molecule has 8 heteroatoms. The van der Waals surface area contributed by atoms with E-state index >= 15 is 0 Å². The first-order chi connectivity index (χ1) is 17.0. The van der Waals surface area contributed by atoms with Crippen LogP contribution in [0.25, 0.3) is 16.9 Å². The summed E-state index contributed by atoms with van der Waals surface area (Å²) in [4.78, 5) is 15.3. The molecular weight excluding hydrogens is 465 g/mol. The van der Waals surface area contributed by atoms with E-state index in [2.05, 4.69) is 5.10 Å². The third-order valence-electron chi connectivity index (χ3n) is 6.29. The number of benzene rings is 2. The Kier molecular flexibility index (Phi) is 6.91. The minimum absolute atomic E-state index is 0.122. The van der Waals surface area contributed by atoms with Gasteiger partial charge in [0.1, 0.15) is 0 Å². The van der Waals surface area contributed by atoms with Crippen molar-refractivity contribution in [1.82, 2.24) is 19.2 Å². The van der Waals surface area contributed by atoms with Crippen LogP contribution in [0.2, 0.25) is 0 Å². The maximum absolute atomic E-state index is 14.2. The highest BCUT2D eigenvalue weighted by atomic mass is 19.4. The van der Waals surface area contributed by atoms with Gasteiger partial charge in [0.05, 0.1) is 35.4 Å². The lowest BCUT2D eigenvalue weighted by atomic mass is 10.0. The number of halogens is 3. The van der Waals surface area contributed by atoms with Crippen LogP contribution in [0.3, 0.4) is 0 Å². The molecule has 0 saturated carbocycles. The van der Waals surface area contributed by atoms with E-state index in [0.29, 0.717) is 11.3 Å². The summed E-state index contributed by atoms with van der Waals surface area (Å²) < 4.78 is 45.8. The molecule has 5 nitrogen and oxygen atoms in total. The fourth-order valence-electron chi connectivity index (χ4n) is 4.48. The molecule has 0 spiro atoms. The van der Waals surface area contributed by atoms with Gasteiger partial charge in [-0.15, -0.1) is 0 Å². The largest absolute Gasteiger partial charge is 0.416 e. The number of hydrogen-bond acceptors (Lipinski definition) is 3. The quantitative estimate of drug-likeness (QED) is 0.343. The van der Waals surface area contributed by atoms with Gasteiger partial charge in [0, 0.05) is 17.7 Å². The molecule has 0 fully saturated rings. The van der Waals surface area contributed by atoms with Gasteiger partial charge in [-0.1, -0.05) is 42.0 Å². The Morgan fingerprint density at radius 1 is 0.972 bits per heavy atom. The second-order valence-corrected chi connectivity index (χ2v) is 9.37. The summed E-state index contributed by atoms with van der Waals surface area (Å²) in [7, 11) is 3.30. The van der Waals surface area contributed by atoms with Gasteiger partial charge in [-0.05, 0) is 64.2 Å². The Hall–Kier alpha value is -3.65. The number of hydrogen-bond donors (Lipinski definition) is 0. The number of alkyl halides is 3. The molecule has 0 radical (unpaired) electrons. The number of para-hydroxylation sites is 1. The van der Waals surface area contributed by atoms with Gasteiger partial charge in [0.2, 0.25) is 0 Å². The summed E-state index contributed by atoms with van der Waals surface area (Å²) in [6, 6.07) is 16.3. The molecule has 0 N–H and O–H groups in total. The Morgan fingerprint density at radius 2 is 1.67 bits per heavy atom. The average Bonchev–Trinajstić information content (AvgIpc) is 3.18. The molecule has 2 aromatic heterocycles. The highest BCUT2D eigenvalue weighted by molar-refractivity contribution is 5.64. The minimum atomic E-state index is -4.68. The van der Waals surface area contributed by atoms with E-state index in [1.165, 1.54) is 10.8 Å². The third-order valence-corrected chi connectivity index (χ3v) is 6.29. The van der Waals surface area contributed by atoms with Crippen LogP contribution in [0.1, 0.15) is 33.5 Å². The molecule has 0 saturated heterocycles. The molecule has 0 atom stereocenters. The number of pyridine rings is 1. The zero-order valence-corrected chi connectivity index (χ0v) is 21.0. The molecule has 0 aliphatic heterocycles. The summed E-state index contributed by atoms with van der Waals surface area (Å²) in [5.41, 5.74) is 3.16. The molecule has 0 bridgehead atoms. The normalized spacial score (nSPS) is 11.9. The van der Waals surface area contributed by atoms with Gasteiger partial charge >= 0.3 is 6.18 Å². The Bertz CT molecular complexity index is 1450. The summed E-state index contributed by atoms with van der Waals surface area (Å²) in [5, 5.41) is 4.44. The van der Waals surface area contributed by atoms with Gasteiger partial charge in [0.25, 0.3) is 5.56 Å². The van der Waals surface area contributed by atoms with Crippen molar-refractivity contribution >= 4 is 0 Å². The Labute approximate surface area is 208 Å². The average molecular weight is 495 g/mol. The molecule has 36 heavy (non-hydrogen) atoms. The Balaban J connectivity index is 2.00. The highest BCUT2D eigenvalue weighted by Crippen LogP contribution is 2.35. The van der Waals surface area contributed by atoms with Gasteiger partial charge < -0.3 is 9.47 Å². The topological polar surface area (TPSA) is 43.1 Å². The van der Waals surface area contributed by atoms with Crippen molar-refractivity contribution in [1.29, 1.82) is 0 Å². The summed E-state index contributed by atoms with van der Waals surface area (Å²) in [5.74, 6) is 0. The van der Waals surface area contributed by atoms with Gasteiger partial charge in [-0.3, -0.25) is 4.79 Å². The lowest BCUT2D eigenvalue weighted by molar-refractivity contribution is -0.138. The molecule has 2 heterocycles. The number of nitrogens with zero attached hydrogens (tertiary/aromatic N) is 4. The zero-order valence-electron chi connectivity index (χ0n) is 21.0. The van der Waals surface area contributed by atoms with E-state index < -0.39 is 17.3 Å². The van der Waals surface area contributed by atoms with Crippen molar-refractivity contribution in [2.24, 2.45) is 0 Å². The first-order valence-electron chi connectivity index (χ1n) is 11.6. The molecule has 0 aliphatic carbocycles. The van der Waals surface area contributed by atoms with Crippen LogP contribution < -0.4 is 5.56 Å². The summed E-state index contributed by atoms with van der Waals surface area (Å²) in [6.45, 7) is 5.74. The maximum atomic E-state index is 14.2. The molecule has 4 rings (SSSR count). The van der Waals surface area contributed by atoms with E-state index in [9.17, 15) is 18.0 Å². The van der Waals surface area contributed by atoms with E-state index in [1.807, 2.05) is 62.4 Å². The van der Waals surface area contributed by atoms with Gasteiger partial charge in [-0.2, -0.15) is 18.3 Å². The molecule has 4 aromatic rings. The fourth-order valence-corrected chi connectivity index (χ4v) is 4.48. The van der Waals surface area contributed by atoms with Crippen molar-refractivity contribution in [3.63, 3.8) is 0 Å². The van der Waals surface area contributed by atoms with Crippen LogP contribution in [0.15, 0.2) is 65.6 Å². The lowest BCUT2D eigenvalue weighted by Gasteiger charge is -2.22. The third kappa shape index (κ3) is 4.99. The second-order valence-electron chi connectivity index (χ2n) is 9.37. The van der Waals surface area contributed by atoms with Crippen LogP contribution in [-0.4, -0.2) is 33.3 Å². The monoisotopic (exact) mass is 494 g/mol. The van der Waals surface area contributed by atoms with E-state index in [4.69, 9.17) is 0 Å². The van der Waals surface area contributed by atoms with Gasteiger partial charge in [-0.25, -0.2) is 4.68 Å². The molecule has 0 aliphatic rings. The number of aromatic nitrogens is 3. The standard InChI is InChI=1S/C28H29F3N4O/c1-18-11-12-21(19(2)13-18)16-34-26(14-25(28(29,30)31)24(27(34)36)17-33(4)5)23-15-32-35(20(23)3)22-9-7-6-8-10-22/h6-15H,16-17H2,1-5H3. The fraction of sp³-hybridized carbons (Fsp3) is 0.286. The SMILES string of the molecule is Cc1ccc(Cn2c(-c3cnn(-c4ccccc4)c3C)cc(C(F)(F)F)c(CN(C)C)c2=O)c(C)c1. The van der Waals surface area contributed by atoms with Crippen LogP contribution in [0.5, 0.6) is 0 Å². The molecule has 0 amide bonds. The van der Waals surface area contributed by atoms with E-state index in [-0.39, 0.29) is 24.3 Å². The lowest BCUT2D eigenvalue weighted by Crippen LogP contribution is -2.32.